The Bertz CT molecular complexity index is 125. The van der Waals surface area contributed by atoms with Crippen molar-refractivity contribution in [3.05, 3.63) is 12.7 Å². The Labute approximate surface area is 66.5 Å². The number of hydrogen-bond acceptors (Lipinski definition) is 1. The van der Waals surface area contributed by atoms with Gasteiger partial charge in [-0.1, -0.05) is 6.08 Å². The summed E-state index contributed by atoms with van der Waals surface area (Å²) in [5, 5.41) is 0. The predicted octanol–water partition coefficient (Wildman–Crippen LogP) is 1.26. The Hall–Kier alpha value is -0.500. The van der Waals surface area contributed by atoms with Crippen LogP contribution >= 0.6 is 11.6 Å². The molecule has 10 heavy (non-hydrogen) atoms. The van der Waals surface area contributed by atoms with E-state index in [2.05, 4.69) is 6.58 Å². The normalized spacial score (nSPS) is 9.00. The van der Waals surface area contributed by atoms with Crippen LogP contribution in [0.15, 0.2) is 12.7 Å². The van der Waals surface area contributed by atoms with Gasteiger partial charge >= 0.3 is 0 Å². The van der Waals surface area contributed by atoms with E-state index in [1.54, 1.807) is 18.0 Å². The molecule has 2 nitrogen and oxygen atoms in total. The third kappa shape index (κ3) is 3.51. The standard InChI is InChI=1S/C7H12ClNO/c1-3-4-5-9(2)7(10)6-8/h3H,1,4-6H2,2H3. The minimum Gasteiger partial charge on any atom is -0.344 e. The van der Waals surface area contributed by atoms with E-state index >= 15 is 0 Å². The van der Waals surface area contributed by atoms with Gasteiger partial charge in [-0.2, -0.15) is 0 Å². The molecule has 0 rings (SSSR count). The van der Waals surface area contributed by atoms with Crippen LogP contribution in [0.5, 0.6) is 0 Å². The van der Waals surface area contributed by atoms with Crippen molar-refractivity contribution in [1.82, 2.24) is 4.90 Å². The molecule has 0 aromatic heterocycles. The molecule has 0 unspecified atom stereocenters. The summed E-state index contributed by atoms with van der Waals surface area (Å²) < 4.78 is 0. The Kier molecular flexibility index (Phi) is 5.03. The van der Waals surface area contributed by atoms with Crippen molar-refractivity contribution in [2.75, 3.05) is 19.5 Å². The van der Waals surface area contributed by atoms with Gasteiger partial charge in [-0.3, -0.25) is 4.79 Å². The van der Waals surface area contributed by atoms with Gasteiger partial charge in [-0.25, -0.2) is 0 Å². The number of nitrogens with zero attached hydrogens (tertiary/aromatic N) is 1. The number of hydrogen-bond donors (Lipinski definition) is 0. The van der Waals surface area contributed by atoms with Crippen LogP contribution in [0.25, 0.3) is 0 Å². The average Bonchev–Trinajstić information content (AvgIpc) is 1.98. The third-order valence-electron chi connectivity index (χ3n) is 1.21. The molecule has 58 valence electrons. The smallest absolute Gasteiger partial charge is 0.237 e. The Morgan fingerprint density at radius 2 is 2.40 bits per heavy atom. The van der Waals surface area contributed by atoms with Gasteiger partial charge < -0.3 is 4.90 Å². The Morgan fingerprint density at radius 3 is 2.80 bits per heavy atom. The molecule has 0 aliphatic rings. The quantitative estimate of drug-likeness (QED) is 0.449. The molecular formula is C7H12ClNO. The molecule has 0 fully saturated rings. The highest BCUT2D eigenvalue weighted by Gasteiger charge is 2.03. The summed E-state index contributed by atoms with van der Waals surface area (Å²) in [7, 11) is 1.73. The first-order valence-corrected chi connectivity index (χ1v) is 3.66. The van der Waals surface area contributed by atoms with E-state index in [0.29, 0.717) is 6.54 Å². The van der Waals surface area contributed by atoms with E-state index < -0.39 is 0 Å². The van der Waals surface area contributed by atoms with Gasteiger partial charge in [0.25, 0.3) is 0 Å². The summed E-state index contributed by atoms with van der Waals surface area (Å²) in [5.74, 6) is 0.0247. The minimum absolute atomic E-state index is 0.0384. The molecule has 0 aromatic rings. The van der Waals surface area contributed by atoms with Crippen molar-refractivity contribution in [2.45, 2.75) is 6.42 Å². The van der Waals surface area contributed by atoms with E-state index in [1.165, 1.54) is 0 Å². The average molecular weight is 162 g/mol. The first-order valence-electron chi connectivity index (χ1n) is 3.13. The minimum atomic E-state index is -0.0384. The van der Waals surface area contributed by atoms with Crippen molar-refractivity contribution in [1.29, 1.82) is 0 Å². The zero-order valence-corrected chi connectivity index (χ0v) is 6.90. The van der Waals surface area contributed by atoms with E-state index in [-0.39, 0.29) is 11.8 Å². The zero-order valence-electron chi connectivity index (χ0n) is 6.14. The van der Waals surface area contributed by atoms with Crippen LogP contribution in [0.4, 0.5) is 0 Å². The number of rotatable bonds is 4. The molecule has 1 amide bonds. The van der Waals surface area contributed by atoms with Gasteiger partial charge in [-0.05, 0) is 6.42 Å². The number of carbonyl (C=O) groups excluding carboxylic acids is 1. The van der Waals surface area contributed by atoms with E-state index in [4.69, 9.17) is 11.6 Å². The lowest BCUT2D eigenvalue weighted by Gasteiger charge is -2.13. The first-order chi connectivity index (χ1) is 4.72. The van der Waals surface area contributed by atoms with E-state index in [1.807, 2.05) is 0 Å². The molecule has 0 saturated heterocycles. The third-order valence-corrected chi connectivity index (χ3v) is 1.44. The van der Waals surface area contributed by atoms with Crippen LogP contribution in [0.2, 0.25) is 0 Å². The number of alkyl halides is 1. The van der Waals surface area contributed by atoms with Gasteiger partial charge in [0.05, 0.1) is 0 Å². The fourth-order valence-electron chi connectivity index (χ4n) is 0.512. The van der Waals surface area contributed by atoms with Crippen LogP contribution in [0, 0.1) is 0 Å². The number of amides is 1. The van der Waals surface area contributed by atoms with Crippen molar-refractivity contribution >= 4 is 17.5 Å². The molecule has 0 N–H and O–H groups in total. The van der Waals surface area contributed by atoms with Gasteiger partial charge in [0.1, 0.15) is 5.88 Å². The Balaban J connectivity index is 3.50. The van der Waals surface area contributed by atoms with Crippen LogP contribution in [-0.4, -0.2) is 30.3 Å². The summed E-state index contributed by atoms with van der Waals surface area (Å²) in [6.07, 6.45) is 2.59. The molecule has 0 heterocycles. The van der Waals surface area contributed by atoms with Gasteiger partial charge in [0, 0.05) is 13.6 Å². The molecular weight excluding hydrogens is 150 g/mol. The molecule has 0 saturated carbocycles. The van der Waals surface area contributed by atoms with Gasteiger partial charge in [-0.15, -0.1) is 18.2 Å². The molecule has 0 aliphatic heterocycles. The molecule has 0 aliphatic carbocycles. The fraction of sp³-hybridized carbons (Fsp3) is 0.571. The maximum absolute atomic E-state index is 10.8. The zero-order chi connectivity index (χ0) is 7.98. The van der Waals surface area contributed by atoms with E-state index in [0.717, 1.165) is 6.42 Å². The summed E-state index contributed by atoms with van der Waals surface area (Å²) in [6.45, 7) is 4.25. The van der Waals surface area contributed by atoms with Gasteiger partial charge in [0.15, 0.2) is 0 Å². The lowest BCUT2D eigenvalue weighted by molar-refractivity contribution is -0.127. The molecule has 3 heteroatoms. The highest BCUT2D eigenvalue weighted by atomic mass is 35.5. The highest BCUT2D eigenvalue weighted by molar-refractivity contribution is 6.27. The van der Waals surface area contributed by atoms with Crippen molar-refractivity contribution in [3.8, 4) is 0 Å². The van der Waals surface area contributed by atoms with Gasteiger partial charge in [0.2, 0.25) is 5.91 Å². The molecule has 0 bridgehead atoms. The lowest BCUT2D eigenvalue weighted by atomic mass is 10.4. The molecule has 0 radical (unpaired) electrons. The molecule has 0 atom stereocenters. The first kappa shape index (κ1) is 9.50. The summed E-state index contributed by atoms with van der Waals surface area (Å²) in [4.78, 5) is 12.4. The van der Waals surface area contributed by atoms with Crippen LogP contribution in [0.3, 0.4) is 0 Å². The number of halogens is 1. The monoisotopic (exact) mass is 161 g/mol. The summed E-state index contributed by atoms with van der Waals surface area (Å²) >= 11 is 5.31. The highest BCUT2D eigenvalue weighted by Crippen LogP contribution is 1.90. The van der Waals surface area contributed by atoms with Crippen LogP contribution < -0.4 is 0 Å². The SMILES string of the molecule is C=CCCN(C)C(=O)CCl. The largest absolute Gasteiger partial charge is 0.344 e. The maximum atomic E-state index is 10.8. The second-order valence-electron chi connectivity index (χ2n) is 2.03. The molecule has 0 aromatic carbocycles. The van der Waals surface area contributed by atoms with Crippen molar-refractivity contribution in [3.63, 3.8) is 0 Å². The second kappa shape index (κ2) is 5.30. The lowest BCUT2D eigenvalue weighted by Crippen LogP contribution is -2.28. The predicted molar refractivity (Wildman–Crippen MR) is 43.2 cm³/mol. The van der Waals surface area contributed by atoms with E-state index in [9.17, 15) is 4.79 Å². The summed E-state index contributed by atoms with van der Waals surface area (Å²) in [5.41, 5.74) is 0. The topological polar surface area (TPSA) is 20.3 Å². The van der Waals surface area contributed by atoms with Crippen molar-refractivity contribution < 1.29 is 4.79 Å². The maximum Gasteiger partial charge on any atom is 0.237 e. The Morgan fingerprint density at radius 1 is 1.80 bits per heavy atom. The van der Waals surface area contributed by atoms with Crippen LogP contribution in [0.1, 0.15) is 6.42 Å². The second-order valence-corrected chi connectivity index (χ2v) is 2.29. The molecule has 0 spiro atoms. The van der Waals surface area contributed by atoms with Crippen molar-refractivity contribution in [2.24, 2.45) is 0 Å². The summed E-state index contributed by atoms with van der Waals surface area (Å²) in [6, 6.07) is 0. The van der Waals surface area contributed by atoms with Crippen LogP contribution in [-0.2, 0) is 4.79 Å². The fourth-order valence-corrected chi connectivity index (χ4v) is 0.716. The number of carbonyl (C=O) groups is 1.